The average molecular weight is 494 g/mol. The Hall–Kier alpha value is -2.81. The first-order chi connectivity index (χ1) is 16.4. The van der Waals surface area contributed by atoms with Crippen LogP contribution in [0.3, 0.4) is 0 Å². The highest BCUT2D eigenvalue weighted by Crippen LogP contribution is 2.28. The molecule has 0 aromatic heterocycles. The summed E-state index contributed by atoms with van der Waals surface area (Å²) in [6.45, 7) is 12.6. The van der Waals surface area contributed by atoms with E-state index in [1.54, 1.807) is 39.8 Å². The number of phenols is 1. The number of carbonyl (C=O) groups excluding carboxylic acids is 3. The number of aromatic hydroxyl groups is 1. The maximum atomic E-state index is 13.9. The third-order valence-corrected chi connectivity index (χ3v) is 5.70. The number of rotatable bonds is 12. The van der Waals surface area contributed by atoms with Crippen molar-refractivity contribution in [2.24, 2.45) is 5.92 Å². The minimum atomic E-state index is -1.06. The van der Waals surface area contributed by atoms with Crippen LogP contribution in [0.15, 0.2) is 18.2 Å². The van der Waals surface area contributed by atoms with Gasteiger partial charge >= 0.3 is 6.09 Å². The van der Waals surface area contributed by atoms with Crippen molar-refractivity contribution in [1.29, 1.82) is 0 Å². The summed E-state index contributed by atoms with van der Waals surface area (Å²) in [7, 11) is 0. The summed E-state index contributed by atoms with van der Waals surface area (Å²) in [4.78, 5) is 41.0. The van der Waals surface area contributed by atoms with Crippen molar-refractivity contribution >= 4 is 17.9 Å². The van der Waals surface area contributed by atoms with Gasteiger partial charge < -0.3 is 30.5 Å². The van der Waals surface area contributed by atoms with Gasteiger partial charge in [-0.25, -0.2) is 4.79 Å². The molecule has 1 rings (SSSR count). The lowest BCUT2D eigenvalue weighted by molar-refractivity contribution is -0.144. The molecule has 0 radical (unpaired) electrons. The number of unbranched alkanes of at least 4 members (excludes halogenated alkanes) is 1. The molecule has 0 fully saturated rings. The molecule has 0 aliphatic carbocycles. The summed E-state index contributed by atoms with van der Waals surface area (Å²) >= 11 is 0. The van der Waals surface area contributed by atoms with Crippen LogP contribution in [0.1, 0.15) is 78.0 Å². The normalized spacial score (nSPS) is 13.9. The van der Waals surface area contributed by atoms with E-state index < -0.39 is 35.6 Å². The van der Waals surface area contributed by atoms with Gasteiger partial charge in [-0.2, -0.15) is 0 Å². The molecule has 0 saturated carbocycles. The molecule has 0 spiro atoms. The number of benzene rings is 1. The van der Waals surface area contributed by atoms with Gasteiger partial charge in [0.1, 0.15) is 23.4 Å². The maximum absolute atomic E-state index is 13.9. The number of hydrogen-bond donors (Lipinski definition) is 4. The van der Waals surface area contributed by atoms with Crippen LogP contribution >= 0.6 is 0 Å². The van der Waals surface area contributed by atoms with Crippen molar-refractivity contribution in [1.82, 2.24) is 15.5 Å². The van der Waals surface area contributed by atoms with Crippen LogP contribution < -0.4 is 10.6 Å². The van der Waals surface area contributed by atoms with E-state index in [0.717, 1.165) is 12.8 Å². The van der Waals surface area contributed by atoms with E-state index in [1.807, 2.05) is 20.8 Å². The van der Waals surface area contributed by atoms with Crippen molar-refractivity contribution < 1.29 is 29.3 Å². The second kappa shape index (κ2) is 13.9. The Morgan fingerprint density at radius 1 is 1.17 bits per heavy atom. The lowest BCUT2D eigenvalue weighted by Gasteiger charge is -2.35. The number of hydrogen-bond acceptors (Lipinski definition) is 6. The molecule has 3 atom stereocenters. The van der Waals surface area contributed by atoms with E-state index in [4.69, 9.17) is 4.74 Å². The number of phenolic OH excluding ortho intramolecular Hbond substituents is 1. The number of aliphatic hydroxyl groups excluding tert-OH is 1. The molecule has 0 aliphatic heterocycles. The Balaban J connectivity index is 3.45. The highest BCUT2D eigenvalue weighted by molar-refractivity contribution is 5.92. The minimum Gasteiger partial charge on any atom is -0.508 e. The summed E-state index contributed by atoms with van der Waals surface area (Å²) in [5.41, 5.74) is 0.301. The van der Waals surface area contributed by atoms with Crippen LogP contribution in [0.2, 0.25) is 0 Å². The fraction of sp³-hybridized carbons (Fsp3) is 0.654. The van der Waals surface area contributed by atoms with Crippen molar-refractivity contribution in [2.75, 3.05) is 19.7 Å². The van der Waals surface area contributed by atoms with Crippen molar-refractivity contribution in [3.05, 3.63) is 29.3 Å². The number of nitrogens with zero attached hydrogens (tertiary/aromatic N) is 1. The summed E-state index contributed by atoms with van der Waals surface area (Å²) < 4.78 is 5.36. The van der Waals surface area contributed by atoms with Crippen LogP contribution in [0.4, 0.5) is 4.79 Å². The Labute approximate surface area is 209 Å². The molecule has 0 saturated heterocycles. The molecule has 9 nitrogen and oxygen atoms in total. The van der Waals surface area contributed by atoms with E-state index in [0.29, 0.717) is 24.1 Å². The van der Waals surface area contributed by atoms with E-state index in [1.165, 1.54) is 11.0 Å². The highest BCUT2D eigenvalue weighted by atomic mass is 16.6. The first kappa shape index (κ1) is 30.2. The molecular formula is C26H43N3O6. The molecule has 3 amide bonds. The maximum Gasteiger partial charge on any atom is 0.408 e. The van der Waals surface area contributed by atoms with Crippen molar-refractivity contribution in [2.45, 2.75) is 85.4 Å². The number of aryl methyl sites for hydroxylation is 1. The number of carbonyl (C=O) groups is 3. The zero-order chi connectivity index (χ0) is 26.8. The van der Waals surface area contributed by atoms with E-state index in [-0.39, 0.29) is 24.8 Å². The first-order valence-corrected chi connectivity index (χ1v) is 12.3. The quantitative estimate of drug-likeness (QED) is 0.330. The second-order valence-electron chi connectivity index (χ2n) is 9.86. The Morgan fingerprint density at radius 3 is 2.34 bits per heavy atom. The zero-order valence-electron chi connectivity index (χ0n) is 22.2. The molecule has 1 aromatic carbocycles. The number of amides is 3. The first-order valence-electron chi connectivity index (χ1n) is 12.3. The van der Waals surface area contributed by atoms with Crippen molar-refractivity contribution in [3.63, 3.8) is 0 Å². The lowest BCUT2D eigenvalue weighted by Crippen LogP contribution is -2.55. The fourth-order valence-corrected chi connectivity index (χ4v) is 3.58. The average Bonchev–Trinajstić information content (AvgIpc) is 2.77. The van der Waals surface area contributed by atoms with Gasteiger partial charge in [0.2, 0.25) is 11.8 Å². The SMILES string of the molecule is CCCCNC(=O)C(c1ccc(O)c(C)c1)N(CCO)C(=O)C(NC(=O)OC(C)(C)C)C(C)CC. The number of alkyl carbamates (subject to hydrolysis) is 1. The monoisotopic (exact) mass is 493 g/mol. The summed E-state index contributed by atoms with van der Waals surface area (Å²) in [5, 5.41) is 25.4. The number of ether oxygens (including phenoxy) is 1. The van der Waals surface area contributed by atoms with Crippen LogP contribution in [0.25, 0.3) is 0 Å². The van der Waals surface area contributed by atoms with E-state index in [2.05, 4.69) is 10.6 Å². The third-order valence-electron chi connectivity index (χ3n) is 5.70. The molecular weight excluding hydrogens is 450 g/mol. The molecule has 0 heterocycles. The largest absolute Gasteiger partial charge is 0.508 e. The third kappa shape index (κ3) is 9.39. The smallest absolute Gasteiger partial charge is 0.408 e. The second-order valence-corrected chi connectivity index (χ2v) is 9.86. The molecule has 0 bridgehead atoms. The molecule has 35 heavy (non-hydrogen) atoms. The van der Waals surface area contributed by atoms with Gasteiger partial charge in [0.05, 0.1) is 6.61 Å². The van der Waals surface area contributed by atoms with Gasteiger partial charge in [-0.05, 0) is 63.3 Å². The predicted octanol–water partition coefficient (Wildman–Crippen LogP) is 3.42. The molecule has 198 valence electrons. The van der Waals surface area contributed by atoms with Gasteiger partial charge in [0, 0.05) is 13.1 Å². The molecule has 1 aromatic rings. The highest BCUT2D eigenvalue weighted by Gasteiger charge is 2.38. The van der Waals surface area contributed by atoms with E-state index >= 15 is 0 Å². The molecule has 0 aliphatic rings. The van der Waals surface area contributed by atoms with Gasteiger partial charge in [-0.3, -0.25) is 9.59 Å². The molecule has 3 unspecified atom stereocenters. The summed E-state index contributed by atoms with van der Waals surface area (Å²) in [6, 6.07) is 2.69. The van der Waals surface area contributed by atoms with Gasteiger partial charge in [0.15, 0.2) is 0 Å². The van der Waals surface area contributed by atoms with Crippen LogP contribution in [-0.2, 0) is 14.3 Å². The van der Waals surface area contributed by atoms with Crippen LogP contribution in [0, 0.1) is 12.8 Å². The lowest BCUT2D eigenvalue weighted by atomic mass is 9.95. The molecule has 4 N–H and O–H groups in total. The minimum absolute atomic E-state index is 0.0722. The van der Waals surface area contributed by atoms with Crippen LogP contribution in [-0.4, -0.2) is 64.4 Å². The number of aliphatic hydroxyl groups is 1. The predicted molar refractivity (Wildman–Crippen MR) is 135 cm³/mol. The van der Waals surface area contributed by atoms with Gasteiger partial charge in [-0.15, -0.1) is 0 Å². The van der Waals surface area contributed by atoms with Gasteiger partial charge in [-0.1, -0.05) is 39.7 Å². The van der Waals surface area contributed by atoms with Crippen LogP contribution in [0.5, 0.6) is 5.75 Å². The fourth-order valence-electron chi connectivity index (χ4n) is 3.58. The Morgan fingerprint density at radius 2 is 1.83 bits per heavy atom. The van der Waals surface area contributed by atoms with Crippen molar-refractivity contribution in [3.8, 4) is 5.75 Å². The zero-order valence-corrected chi connectivity index (χ0v) is 22.2. The number of nitrogens with one attached hydrogen (secondary N) is 2. The Kier molecular flexibility index (Phi) is 12.0. The molecule has 9 heteroatoms. The standard InChI is InChI=1S/C26H43N3O6/c1-8-10-13-27-23(32)22(19-11-12-20(31)18(4)16-19)29(14-15-30)24(33)21(17(3)9-2)28-25(34)35-26(5,6)7/h11-12,16-17,21-22,30-31H,8-10,13-15H2,1-7H3,(H,27,32)(H,28,34). The summed E-state index contributed by atoms with van der Waals surface area (Å²) in [6.07, 6.45) is 1.52. The topological polar surface area (TPSA) is 128 Å². The van der Waals surface area contributed by atoms with Gasteiger partial charge in [0.25, 0.3) is 0 Å². The Bertz CT molecular complexity index is 852. The van der Waals surface area contributed by atoms with E-state index in [9.17, 15) is 24.6 Å². The summed E-state index contributed by atoms with van der Waals surface area (Å²) in [5.74, 6) is -1.09.